The molecule has 2 aromatic heterocycles. The van der Waals surface area contributed by atoms with E-state index in [0.29, 0.717) is 5.82 Å². The second-order valence-corrected chi connectivity index (χ2v) is 5.89. The molecule has 1 atom stereocenters. The van der Waals surface area contributed by atoms with Gasteiger partial charge in [0, 0.05) is 35.9 Å². The normalized spacial score (nSPS) is 17.6. The Labute approximate surface area is 125 Å². The lowest BCUT2D eigenvalue weighted by atomic mass is 10.2. The molecule has 7 heteroatoms. The molecule has 1 aliphatic heterocycles. The maximum atomic E-state index is 12.1. The van der Waals surface area contributed by atoms with E-state index in [4.69, 9.17) is 0 Å². The fraction of sp³-hybridized carbons (Fsp3) is 0.286. The van der Waals surface area contributed by atoms with Crippen molar-refractivity contribution in [3.05, 3.63) is 46.6 Å². The predicted molar refractivity (Wildman–Crippen MR) is 81.3 cm³/mol. The molecule has 1 saturated heterocycles. The van der Waals surface area contributed by atoms with Gasteiger partial charge in [-0.1, -0.05) is 0 Å². The number of H-pyrrole nitrogens is 1. The first-order valence-electron chi connectivity index (χ1n) is 6.62. The summed E-state index contributed by atoms with van der Waals surface area (Å²) >= 11 is 1.80. The van der Waals surface area contributed by atoms with Crippen LogP contribution in [0.3, 0.4) is 0 Å². The molecule has 0 bridgehead atoms. The van der Waals surface area contributed by atoms with Crippen molar-refractivity contribution in [2.24, 2.45) is 0 Å². The number of amides is 1. The van der Waals surface area contributed by atoms with Gasteiger partial charge in [0.05, 0.1) is 0 Å². The van der Waals surface area contributed by atoms with E-state index in [9.17, 15) is 9.59 Å². The fourth-order valence-corrected chi connectivity index (χ4v) is 3.28. The minimum absolute atomic E-state index is 0.0460. The van der Waals surface area contributed by atoms with Crippen molar-refractivity contribution in [3.8, 4) is 11.4 Å². The molecule has 2 N–H and O–H groups in total. The Kier molecular flexibility index (Phi) is 4.01. The van der Waals surface area contributed by atoms with Gasteiger partial charge >= 0.3 is 0 Å². The molecule has 3 rings (SSSR count). The molecule has 0 radical (unpaired) electrons. The Bertz CT molecular complexity index is 696. The second kappa shape index (κ2) is 6.09. The number of hydrogen-bond acceptors (Lipinski definition) is 5. The first-order valence-corrected chi connectivity index (χ1v) is 7.78. The zero-order chi connectivity index (χ0) is 14.7. The fourth-order valence-electron chi connectivity index (χ4n) is 2.12. The molecule has 108 valence electrons. The maximum absolute atomic E-state index is 12.1. The summed E-state index contributed by atoms with van der Waals surface area (Å²) in [6.45, 7) is 0. The number of pyridine rings is 1. The van der Waals surface area contributed by atoms with Gasteiger partial charge in [-0.15, -0.1) is 0 Å². The van der Waals surface area contributed by atoms with Crippen LogP contribution >= 0.6 is 11.8 Å². The molecule has 1 fully saturated rings. The number of aromatic amines is 1. The average molecular weight is 302 g/mol. The molecule has 2 aromatic rings. The van der Waals surface area contributed by atoms with E-state index in [0.717, 1.165) is 23.5 Å². The number of nitrogens with one attached hydrogen (secondary N) is 2. The number of aromatic nitrogens is 3. The Balaban J connectivity index is 1.81. The molecule has 3 heterocycles. The summed E-state index contributed by atoms with van der Waals surface area (Å²) in [4.78, 5) is 34.8. The van der Waals surface area contributed by atoms with E-state index < -0.39 is 5.56 Å². The molecular formula is C14H14N4O2S. The van der Waals surface area contributed by atoms with Crippen LogP contribution < -0.4 is 10.9 Å². The van der Waals surface area contributed by atoms with E-state index in [2.05, 4.69) is 20.3 Å². The number of rotatable bonds is 3. The van der Waals surface area contributed by atoms with Crippen LogP contribution in [0.25, 0.3) is 11.4 Å². The van der Waals surface area contributed by atoms with Gasteiger partial charge < -0.3 is 10.3 Å². The van der Waals surface area contributed by atoms with Gasteiger partial charge in [0.15, 0.2) is 0 Å². The van der Waals surface area contributed by atoms with Crippen molar-refractivity contribution in [1.82, 2.24) is 20.3 Å². The molecule has 21 heavy (non-hydrogen) atoms. The number of hydrogen-bond donors (Lipinski definition) is 2. The monoisotopic (exact) mass is 302 g/mol. The van der Waals surface area contributed by atoms with E-state index in [1.807, 2.05) is 0 Å². The van der Waals surface area contributed by atoms with Crippen LogP contribution in [0.2, 0.25) is 0 Å². The van der Waals surface area contributed by atoms with Crippen molar-refractivity contribution in [1.29, 1.82) is 0 Å². The van der Waals surface area contributed by atoms with E-state index >= 15 is 0 Å². The lowest BCUT2D eigenvalue weighted by molar-refractivity contribution is 0.0939. The summed E-state index contributed by atoms with van der Waals surface area (Å²) in [6.07, 6.45) is 5.50. The van der Waals surface area contributed by atoms with Crippen LogP contribution in [-0.4, -0.2) is 38.4 Å². The van der Waals surface area contributed by atoms with Gasteiger partial charge in [0.1, 0.15) is 11.4 Å². The lowest BCUT2D eigenvalue weighted by Gasteiger charge is -2.10. The first kappa shape index (κ1) is 13.8. The maximum Gasteiger partial charge on any atom is 0.264 e. The number of nitrogens with zero attached hydrogens (tertiary/aromatic N) is 2. The summed E-state index contributed by atoms with van der Waals surface area (Å²) in [5.74, 6) is 2.00. The summed E-state index contributed by atoms with van der Waals surface area (Å²) < 4.78 is 0. The summed E-state index contributed by atoms with van der Waals surface area (Å²) in [5.41, 5.74) is 0.367. The van der Waals surface area contributed by atoms with Crippen LogP contribution in [-0.2, 0) is 0 Å². The topological polar surface area (TPSA) is 87.7 Å². The standard InChI is InChI=1S/C14H14N4O2S/c19-13(17-10-3-6-21-8-10)11-7-16-12(18-14(11)20)9-1-4-15-5-2-9/h1-2,4-5,7,10H,3,6,8H2,(H,17,19)(H,16,18,20)/t10-/m0/s1. The quantitative estimate of drug-likeness (QED) is 0.885. The third-order valence-electron chi connectivity index (χ3n) is 3.26. The molecule has 0 saturated carbocycles. The summed E-state index contributed by atoms with van der Waals surface area (Å²) in [7, 11) is 0. The Morgan fingerprint density at radius 3 is 2.86 bits per heavy atom. The van der Waals surface area contributed by atoms with Crippen molar-refractivity contribution in [3.63, 3.8) is 0 Å². The van der Waals surface area contributed by atoms with Crippen LogP contribution in [0.15, 0.2) is 35.5 Å². The molecule has 0 unspecified atom stereocenters. The smallest absolute Gasteiger partial charge is 0.264 e. The molecule has 0 aromatic carbocycles. The Hall–Kier alpha value is -2.15. The SMILES string of the molecule is O=C(N[C@H]1CCSC1)c1cnc(-c2ccncc2)[nH]c1=O. The lowest BCUT2D eigenvalue weighted by Crippen LogP contribution is -2.37. The van der Waals surface area contributed by atoms with Crippen LogP contribution in [0.5, 0.6) is 0 Å². The Morgan fingerprint density at radius 1 is 1.38 bits per heavy atom. The summed E-state index contributed by atoms with van der Waals surface area (Å²) in [6, 6.07) is 3.63. The highest BCUT2D eigenvalue weighted by Crippen LogP contribution is 2.17. The Morgan fingerprint density at radius 2 is 2.19 bits per heavy atom. The predicted octanol–water partition coefficient (Wildman–Crippen LogP) is 1.07. The van der Waals surface area contributed by atoms with Gasteiger partial charge in [0.2, 0.25) is 0 Å². The van der Waals surface area contributed by atoms with Crippen LogP contribution in [0.4, 0.5) is 0 Å². The zero-order valence-electron chi connectivity index (χ0n) is 11.2. The molecule has 0 aliphatic carbocycles. The third kappa shape index (κ3) is 3.13. The molecule has 6 nitrogen and oxygen atoms in total. The molecule has 0 spiro atoms. The highest BCUT2D eigenvalue weighted by atomic mass is 32.2. The number of thioether (sulfide) groups is 1. The largest absolute Gasteiger partial charge is 0.348 e. The van der Waals surface area contributed by atoms with Crippen molar-refractivity contribution >= 4 is 17.7 Å². The first-order chi connectivity index (χ1) is 10.2. The average Bonchev–Trinajstić information content (AvgIpc) is 3.01. The summed E-state index contributed by atoms with van der Waals surface area (Å²) in [5, 5.41) is 2.87. The minimum atomic E-state index is -0.431. The van der Waals surface area contributed by atoms with Crippen molar-refractivity contribution < 1.29 is 4.79 Å². The van der Waals surface area contributed by atoms with Crippen LogP contribution in [0, 0.1) is 0 Å². The minimum Gasteiger partial charge on any atom is -0.348 e. The highest BCUT2D eigenvalue weighted by Gasteiger charge is 2.20. The van der Waals surface area contributed by atoms with E-state index in [1.54, 1.807) is 36.3 Å². The van der Waals surface area contributed by atoms with E-state index in [-0.39, 0.29) is 17.5 Å². The van der Waals surface area contributed by atoms with Gasteiger partial charge in [0.25, 0.3) is 11.5 Å². The second-order valence-electron chi connectivity index (χ2n) is 4.74. The molecular weight excluding hydrogens is 288 g/mol. The van der Waals surface area contributed by atoms with Crippen molar-refractivity contribution in [2.45, 2.75) is 12.5 Å². The van der Waals surface area contributed by atoms with Gasteiger partial charge in [-0.2, -0.15) is 11.8 Å². The molecule has 1 aliphatic rings. The number of carbonyl (C=O) groups is 1. The third-order valence-corrected chi connectivity index (χ3v) is 4.43. The van der Waals surface area contributed by atoms with Gasteiger partial charge in [-0.05, 0) is 24.3 Å². The van der Waals surface area contributed by atoms with E-state index in [1.165, 1.54) is 6.20 Å². The van der Waals surface area contributed by atoms with Crippen LogP contribution in [0.1, 0.15) is 16.8 Å². The zero-order valence-corrected chi connectivity index (χ0v) is 12.0. The highest BCUT2D eigenvalue weighted by molar-refractivity contribution is 7.99. The van der Waals surface area contributed by atoms with Gasteiger partial charge in [-0.3, -0.25) is 14.6 Å². The van der Waals surface area contributed by atoms with Gasteiger partial charge in [-0.25, -0.2) is 4.98 Å². The number of carbonyl (C=O) groups excluding carboxylic acids is 1. The molecule has 1 amide bonds. The van der Waals surface area contributed by atoms with Crippen molar-refractivity contribution in [2.75, 3.05) is 11.5 Å².